The molecule has 4 heteroatoms. The number of hydrogen-bond donors (Lipinski definition) is 1. The fourth-order valence-electron chi connectivity index (χ4n) is 2.49. The van der Waals surface area contributed by atoms with Crippen molar-refractivity contribution in [2.75, 3.05) is 13.1 Å². The minimum atomic E-state index is -0.459. The molecule has 1 aromatic carbocycles. The van der Waals surface area contributed by atoms with Gasteiger partial charge >= 0.3 is 0 Å². The van der Waals surface area contributed by atoms with Crippen molar-refractivity contribution in [3.63, 3.8) is 0 Å². The summed E-state index contributed by atoms with van der Waals surface area (Å²) >= 11 is 0. The average Bonchev–Trinajstić information content (AvgIpc) is 2.77. The molecule has 1 saturated carbocycles. The van der Waals surface area contributed by atoms with Gasteiger partial charge in [-0.1, -0.05) is 12.1 Å². The van der Waals surface area contributed by atoms with E-state index in [1.807, 2.05) is 0 Å². The van der Waals surface area contributed by atoms with Crippen molar-refractivity contribution < 1.29 is 9.18 Å². The molecule has 0 aromatic heterocycles. The van der Waals surface area contributed by atoms with Crippen LogP contribution in [0.2, 0.25) is 0 Å². The summed E-state index contributed by atoms with van der Waals surface area (Å²) in [4.78, 5) is 13.7. The molecular weight excluding hydrogens is 207 g/mol. The Hall–Kier alpha value is -1.42. The summed E-state index contributed by atoms with van der Waals surface area (Å²) in [6, 6.07) is 6.08. The molecule has 16 heavy (non-hydrogen) atoms. The van der Waals surface area contributed by atoms with Crippen LogP contribution in [-0.2, 0) is 0 Å². The Morgan fingerprint density at radius 3 is 2.88 bits per heavy atom. The van der Waals surface area contributed by atoms with Gasteiger partial charge in [0.1, 0.15) is 5.82 Å². The Balaban J connectivity index is 1.82. The van der Waals surface area contributed by atoms with E-state index in [1.54, 1.807) is 17.0 Å². The number of benzene rings is 1. The summed E-state index contributed by atoms with van der Waals surface area (Å²) < 4.78 is 13.4. The van der Waals surface area contributed by atoms with Gasteiger partial charge in [0.05, 0.1) is 5.56 Å². The summed E-state index contributed by atoms with van der Waals surface area (Å²) in [5, 5.41) is 0. The zero-order valence-corrected chi connectivity index (χ0v) is 8.82. The van der Waals surface area contributed by atoms with Gasteiger partial charge in [0, 0.05) is 18.6 Å². The number of halogens is 1. The molecule has 1 aliphatic heterocycles. The van der Waals surface area contributed by atoms with E-state index in [0.29, 0.717) is 19.0 Å². The third-order valence-corrected chi connectivity index (χ3v) is 3.60. The maximum absolute atomic E-state index is 13.4. The lowest BCUT2D eigenvalue weighted by Crippen LogP contribution is -2.37. The van der Waals surface area contributed by atoms with Crippen molar-refractivity contribution in [3.8, 4) is 0 Å². The first kappa shape index (κ1) is 9.78. The molecule has 0 bridgehead atoms. The first-order chi connectivity index (χ1) is 7.60. The van der Waals surface area contributed by atoms with Gasteiger partial charge < -0.3 is 10.6 Å². The second-order valence-corrected chi connectivity index (χ2v) is 4.80. The number of nitrogens with two attached hydrogens (primary N) is 1. The highest BCUT2D eigenvalue weighted by molar-refractivity contribution is 5.95. The summed E-state index contributed by atoms with van der Waals surface area (Å²) in [6.07, 6.45) is 0.994. The van der Waals surface area contributed by atoms with Gasteiger partial charge in [-0.15, -0.1) is 0 Å². The Morgan fingerprint density at radius 2 is 2.25 bits per heavy atom. The number of hydrogen-bond acceptors (Lipinski definition) is 2. The van der Waals surface area contributed by atoms with Crippen molar-refractivity contribution in [1.29, 1.82) is 0 Å². The smallest absolute Gasteiger partial charge is 0.256 e. The van der Waals surface area contributed by atoms with Gasteiger partial charge in [-0.25, -0.2) is 4.39 Å². The van der Waals surface area contributed by atoms with Gasteiger partial charge in [0.15, 0.2) is 0 Å². The van der Waals surface area contributed by atoms with Crippen LogP contribution in [0.1, 0.15) is 16.8 Å². The fraction of sp³-hybridized carbons (Fsp3) is 0.417. The van der Waals surface area contributed by atoms with Crippen LogP contribution in [0, 0.1) is 11.7 Å². The topological polar surface area (TPSA) is 46.3 Å². The Labute approximate surface area is 93.0 Å². The zero-order valence-electron chi connectivity index (χ0n) is 8.82. The maximum atomic E-state index is 13.4. The lowest BCUT2D eigenvalue weighted by molar-refractivity contribution is 0.0768. The number of rotatable bonds is 1. The molecule has 0 spiro atoms. The molecule has 1 saturated heterocycles. The second kappa shape index (κ2) is 3.04. The predicted molar refractivity (Wildman–Crippen MR) is 57.3 cm³/mol. The van der Waals surface area contributed by atoms with E-state index in [0.717, 1.165) is 6.42 Å². The van der Waals surface area contributed by atoms with Gasteiger partial charge in [0.25, 0.3) is 5.91 Å². The van der Waals surface area contributed by atoms with Crippen LogP contribution in [0.15, 0.2) is 24.3 Å². The molecule has 3 nitrogen and oxygen atoms in total. The molecule has 1 aliphatic carbocycles. The van der Waals surface area contributed by atoms with Crippen LogP contribution in [0.4, 0.5) is 4.39 Å². The molecule has 1 heterocycles. The highest BCUT2D eigenvalue weighted by Gasteiger charge is 2.58. The number of carbonyl (C=O) groups is 1. The molecule has 0 radical (unpaired) electrons. The van der Waals surface area contributed by atoms with Crippen molar-refractivity contribution in [1.82, 2.24) is 4.90 Å². The van der Waals surface area contributed by atoms with Crippen LogP contribution in [0.25, 0.3) is 0 Å². The molecule has 84 valence electrons. The number of nitrogens with zero attached hydrogens (tertiary/aromatic N) is 1. The zero-order chi connectivity index (χ0) is 11.3. The molecule has 2 fully saturated rings. The lowest BCUT2D eigenvalue weighted by Gasteiger charge is -2.19. The van der Waals surface area contributed by atoms with Crippen molar-refractivity contribution >= 4 is 5.91 Å². The average molecular weight is 220 g/mol. The quantitative estimate of drug-likeness (QED) is 0.767. The highest BCUT2D eigenvalue weighted by Crippen LogP contribution is 2.47. The van der Waals surface area contributed by atoms with Crippen molar-refractivity contribution in [3.05, 3.63) is 35.6 Å². The SMILES string of the molecule is N[C@@]12C[C@H]1CN(C(=O)c1ccccc1F)C2. The lowest BCUT2D eigenvalue weighted by atomic mass is 10.2. The Bertz CT molecular complexity index is 462. The van der Waals surface area contributed by atoms with Crippen LogP contribution in [-0.4, -0.2) is 29.4 Å². The van der Waals surface area contributed by atoms with Crippen LogP contribution >= 0.6 is 0 Å². The predicted octanol–water partition coefficient (Wildman–Crippen LogP) is 0.999. The fourth-order valence-corrected chi connectivity index (χ4v) is 2.49. The molecule has 0 unspecified atom stereocenters. The van der Waals surface area contributed by atoms with E-state index in [2.05, 4.69) is 0 Å². The Morgan fingerprint density at radius 1 is 1.50 bits per heavy atom. The van der Waals surface area contributed by atoms with Crippen LogP contribution < -0.4 is 5.73 Å². The number of fused-ring (bicyclic) bond motifs is 1. The first-order valence-electron chi connectivity index (χ1n) is 5.43. The summed E-state index contributed by atoms with van der Waals surface area (Å²) in [5.41, 5.74) is 5.97. The van der Waals surface area contributed by atoms with Gasteiger partial charge in [-0.3, -0.25) is 4.79 Å². The number of likely N-dealkylation sites (tertiary alicyclic amines) is 1. The Kier molecular flexibility index (Phi) is 1.86. The largest absolute Gasteiger partial charge is 0.336 e. The minimum absolute atomic E-state index is 0.146. The summed E-state index contributed by atoms with van der Waals surface area (Å²) in [5.74, 6) is -0.280. The summed E-state index contributed by atoms with van der Waals surface area (Å²) in [6.45, 7) is 1.23. The van der Waals surface area contributed by atoms with E-state index < -0.39 is 5.82 Å². The third-order valence-electron chi connectivity index (χ3n) is 3.60. The maximum Gasteiger partial charge on any atom is 0.256 e. The number of piperidine rings is 1. The molecule has 2 aliphatic rings. The second-order valence-electron chi connectivity index (χ2n) is 4.80. The van der Waals surface area contributed by atoms with E-state index in [9.17, 15) is 9.18 Å². The van der Waals surface area contributed by atoms with Gasteiger partial charge in [-0.05, 0) is 24.5 Å². The molecule has 1 aromatic rings. The number of carbonyl (C=O) groups excluding carboxylic acids is 1. The summed E-state index contributed by atoms with van der Waals surface area (Å²) in [7, 11) is 0. The first-order valence-corrected chi connectivity index (χ1v) is 5.43. The van der Waals surface area contributed by atoms with E-state index >= 15 is 0 Å². The molecule has 2 N–H and O–H groups in total. The standard InChI is InChI=1S/C12H13FN2O/c13-10-4-2-1-3-9(10)11(16)15-6-8-5-12(8,14)7-15/h1-4,8H,5-7,14H2/t8-,12+/m0/s1. The molecule has 3 rings (SSSR count). The normalized spacial score (nSPS) is 31.4. The highest BCUT2D eigenvalue weighted by atomic mass is 19.1. The molecular formula is C12H13FN2O. The van der Waals surface area contributed by atoms with Crippen molar-refractivity contribution in [2.45, 2.75) is 12.0 Å². The molecule has 2 atom stereocenters. The third kappa shape index (κ3) is 1.33. The van der Waals surface area contributed by atoms with E-state index in [-0.39, 0.29) is 17.0 Å². The van der Waals surface area contributed by atoms with Gasteiger partial charge in [-0.2, -0.15) is 0 Å². The van der Waals surface area contributed by atoms with Crippen LogP contribution in [0.5, 0.6) is 0 Å². The van der Waals surface area contributed by atoms with E-state index in [4.69, 9.17) is 5.73 Å². The van der Waals surface area contributed by atoms with E-state index in [1.165, 1.54) is 12.1 Å². The van der Waals surface area contributed by atoms with Crippen molar-refractivity contribution in [2.24, 2.45) is 11.7 Å². The number of amides is 1. The monoisotopic (exact) mass is 220 g/mol. The molecule has 1 amide bonds. The minimum Gasteiger partial charge on any atom is -0.336 e. The van der Waals surface area contributed by atoms with Gasteiger partial charge in [0.2, 0.25) is 0 Å². The van der Waals surface area contributed by atoms with Crippen LogP contribution in [0.3, 0.4) is 0 Å².